The first kappa shape index (κ1) is 15.5. The Kier molecular flexibility index (Phi) is 6.70. The van der Waals surface area contributed by atoms with Gasteiger partial charge in [0, 0.05) is 24.3 Å². The van der Waals surface area contributed by atoms with E-state index < -0.39 is 0 Å². The molecule has 0 aliphatic carbocycles. The summed E-state index contributed by atoms with van der Waals surface area (Å²) in [4.78, 5) is 0. The first-order valence-corrected chi connectivity index (χ1v) is 6.98. The van der Waals surface area contributed by atoms with Gasteiger partial charge in [0.1, 0.15) is 0 Å². The molecule has 3 nitrogen and oxygen atoms in total. The molecule has 3 heteroatoms. The van der Waals surface area contributed by atoms with E-state index in [0.717, 1.165) is 39.0 Å². The van der Waals surface area contributed by atoms with E-state index >= 15 is 0 Å². The molecule has 0 aromatic carbocycles. The first-order valence-electron chi connectivity index (χ1n) is 6.98. The van der Waals surface area contributed by atoms with Crippen LogP contribution >= 0.6 is 0 Å². The second kappa shape index (κ2) is 7.78. The van der Waals surface area contributed by atoms with Gasteiger partial charge in [-0.1, -0.05) is 12.8 Å². The Balaban J connectivity index is 2.40. The van der Waals surface area contributed by atoms with E-state index in [1.807, 2.05) is 0 Å². The molecule has 0 aromatic heterocycles. The van der Waals surface area contributed by atoms with Crippen molar-refractivity contribution in [3.8, 4) is 11.8 Å². The van der Waals surface area contributed by atoms with E-state index in [1.54, 1.807) is 0 Å². The third kappa shape index (κ3) is 7.00. The highest BCUT2D eigenvalue weighted by atomic mass is 16.7. The Bertz CT molecular complexity index is 279. The summed E-state index contributed by atoms with van der Waals surface area (Å²) >= 11 is 0. The molecular weight excluding hydrogens is 226 g/mol. The molecule has 0 radical (unpaired) electrons. The van der Waals surface area contributed by atoms with Crippen LogP contribution in [0.1, 0.15) is 47.0 Å². The Labute approximate surface area is 112 Å². The molecule has 1 heterocycles. The molecule has 1 rings (SSSR count). The molecule has 18 heavy (non-hydrogen) atoms. The molecule has 0 saturated carbocycles. The number of hydrogen-bond acceptors (Lipinski definition) is 3. The summed E-state index contributed by atoms with van der Waals surface area (Å²) in [5.41, 5.74) is 0.0790. The molecule has 1 N–H and O–H groups in total. The zero-order valence-corrected chi connectivity index (χ0v) is 12.2. The van der Waals surface area contributed by atoms with Gasteiger partial charge >= 0.3 is 0 Å². The summed E-state index contributed by atoms with van der Waals surface area (Å²) < 4.78 is 11.0. The van der Waals surface area contributed by atoms with Gasteiger partial charge in [0.25, 0.3) is 0 Å². The summed E-state index contributed by atoms with van der Waals surface area (Å²) in [6.07, 6.45) is 2.84. The molecule has 0 bridgehead atoms. The summed E-state index contributed by atoms with van der Waals surface area (Å²) in [5.74, 6) is 6.57. The Morgan fingerprint density at radius 3 is 2.50 bits per heavy atom. The van der Waals surface area contributed by atoms with Crippen molar-refractivity contribution in [3.05, 3.63) is 0 Å². The highest BCUT2D eigenvalue weighted by molar-refractivity contribution is 5.08. The summed E-state index contributed by atoms with van der Waals surface area (Å²) in [6.45, 7) is 11.0. The molecule has 0 amide bonds. The second-order valence-electron chi connectivity index (χ2n) is 5.81. The van der Waals surface area contributed by atoms with Gasteiger partial charge in [-0.3, -0.25) is 0 Å². The Morgan fingerprint density at radius 1 is 1.28 bits per heavy atom. The molecule has 1 aliphatic heterocycles. The third-order valence-electron chi connectivity index (χ3n) is 2.66. The molecular formula is C15H27NO2. The van der Waals surface area contributed by atoms with Crippen LogP contribution in [-0.4, -0.2) is 32.1 Å². The fourth-order valence-corrected chi connectivity index (χ4v) is 1.80. The van der Waals surface area contributed by atoms with Crippen LogP contribution in [0.25, 0.3) is 0 Å². The number of hydrogen-bond donors (Lipinski definition) is 1. The van der Waals surface area contributed by atoms with Gasteiger partial charge in [-0.05, 0) is 33.7 Å². The maximum absolute atomic E-state index is 5.50. The second-order valence-corrected chi connectivity index (χ2v) is 5.81. The smallest absolute Gasteiger partial charge is 0.159 e. The van der Waals surface area contributed by atoms with E-state index in [1.165, 1.54) is 0 Å². The van der Waals surface area contributed by atoms with Crippen molar-refractivity contribution in [1.82, 2.24) is 5.32 Å². The van der Waals surface area contributed by atoms with Crippen molar-refractivity contribution in [2.45, 2.75) is 59.3 Å². The lowest BCUT2D eigenvalue weighted by atomic mass is 9.97. The maximum atomic E-state index is 5.50. The van der Waals surface area contributed by atoms with Gasteiger partial charge in [-0.2, -0.15) is 0 Å². The largest absolute Gasteiger partial charge is 0.350 e. The SMILES string of the molecule is CCCNC(CC#CC(C)(C)C)CC1OCCO1. The molecule has 1 aliphatic rings. The average Bonchev–Trinajstić information content (AvgIpc) is 2.76. The van der Waals surface area contributed by atoms with Crippen molar-refractivity contribution < 1.29 is 9.47 Å². The van der Waals surface area contributed by atoms with Crippen molar-refractivity contribution in [3.63, 3.8) is 0 Å². The topological polar surface area (TPSA) is 30.5 Å². The molecule has 0 aromatic rings. The number of nitrogens with one attached hydrogen (secondary N) is 1. The highest BCUT2D eigenvalue weighted by Crippen LogP contribution is 2.14. The quantitative estimate of drug-likeness (QED) is 0.738. The lowest BCUT2D eigenvalue weighted by Crippen LogP contribution is -2.33. The van der Waals surface area contributed by atoms with Crippen molar-refractivity contribution in [2.24, 2.45) is 5.41 Å². The van der Waals surface area contributed by atoms with Crippen molar-refractivity contribution in [2.75, 3.05) is 19.8 Å². The van der Waals surface area contributed by atoms with Crippen LogP contribution in [0, 0.1) is 17.3 Å². The Morgan fingerprint density at radius 2 is 1.94 bits per heavy atom. The van der Waals surface area contributed by atoms with Gasteiger partial charge in [0.15, 0.2) is 6.29 Å². The monoisotopic (exact) mass is 253 g/mol. The lowest BCUT2D eigenvalue weighted by molar-refractivity contribution is -0.0523. The molecule has 1 unspecified atom stereocenters. The minimum Gasteiger partial charge on any atom is -0.350 e. The van der Waals surface area contributed by atoms with E-state index in [2.05, 4.69) is 44.9 Å². The summed E-state index contributed by atoms with van der Waals surface area (Å²) in [6, 6.07) is 0.364. The summed E-state index contributed by atoms with van der Waals surface area (Å²) in [7, 11) is 0. The predicted octanol–water partition coefficient (Wildman–Crippen LogP) is 2.56. The van der Waals surface area contributed by atoms with Gasteiger partial charge in [0.2, 0.25) is 0 Å². The van der Waals surface area contributed by atoms with E-state index in [9.17, 15) is 0 Å². The van der Waals surface area contributed by atoms with Gasteiger partial charge in [0.05, 0.1) is 13.2 Å². The normalized spacial score (nSPS) is 18.4. The minimum atomic E-state index is -0.0456. The fraction of sp³-hybridized carbons (Fsp3) is 0.867. The minimum absolute atomic E-state index is 0.0456. The van der Waals surface area contributed by atoms with Crippen LogP contribution in [0.2, 0.25) is 0 Å². The number of ether oxygens (including phenoxy) is 2. The molecule has 1 saturated heterocycles. The third-order valence-corrected chi connectivity index (χ3v) is 2.66. The number of rotatable bonds is 6. The van der Waals surface area contributed by atoms with Crippen LogP contribution in [0.15, 0.2) is 0 Å². The molecule has 104 valence electrons. The van der Waals surface area contributed by atoms with E-state index in [-0.39, 0.29) is 11.7 Å². The zero-order chi connectivity index (χ0) is 13.4. The van der Waals surface area contributed by atoms with Crippen molar-refractivity contribution in [1.29, 1.82) is 0 Å². The average molecular weight is 253 g/mol. The lowest BCUT2D eigenvalue weighted by Gasteiger charge is -2.19. The van der Waals surface area contributed by atoms with Crippen LogP contribution in [-0.2, 0) is 9.47 Å². The van der Waals surface area contributed by atoms with Gasteiger partial charge in [-0.25, -0.2) is 0 Å². The van der Waals surface area contributed by atoms with Gasteiger partial charge < -0.3 is 14.8 Å². The predicted molar refractivity (Wildman–Crippen MR) is 74.2 cm³/mol. The molecule has 0 spiro atoms. The van der Waals surface area contributed by atoms with Crippen LogP contribution in [0.3, 0.4) is 0 Å². The van der Waals surface area contributed by atoms with Crippen LogP contribution in [0.5, 0.6) is 0 Å². The summed E-state index contributed by atoms with van der Waals surface area (Å²) in [5, 5.41) is 3.52. The molecule has 1 fully saturated rings. The highest BCUT2D eigenvalue weighted by Gasteiger charge is 2.20. The van der Waals surface area contributed by atoms with Crippen LogP contribution < -0.4 is 5.32 Å². The molecule has 1 atom stereocenters. The van der Waals surface area contributed by atoms with Crippen molar-refractivity contribution >= 4 is 0 Å². The van der Waals surface area contributed by atoms with Crippen LogP contribution in [0.4, 0.5) is 0 Å². The fourth-order valence-electron chi connectivity index (χ4n) is 1.80. The Hall–Kier alpha value is -0.560. The zero-order valence-electron chi connectivity index (χ0n) is 12.2. The van der Waals surface area contributed by atoms with Gasteiger partial charge in [-0.15, -0.1) is 5.92 Å². The first-order chi connectivity index (χ1) is 8.51. The maximum Gasteiger partial charge on any atom is 0.159 e. The van der Waals surface area contributed by atoms with E-state index in [0.29, 0.717) is 6.04 Å². The van der Waals surface area contributed by atoms with E-state index in [4.69, 9.17) is 9.47 Å². The standard InChI is InChI=1S/C15H27NO2/c1-5-9-16-13(7-6-8-15(2,3)4)12-14-17-10-11-18-14/h13-14,16H,5,7,9-12H2,1-4H3.